The van der Waals surface area contributed by atoms with Crippen LogP contribution in [-0.4, -0.2) is 45.3 Å². The summed E-state index contributed by atoms with van der Waals surface area (Å²) in [5.74, 6) is 0.121. The van der Waals surface area contributed by atoms with Crippen LogP contribution in [0.25, 0.3) is 6.08 Å². The first-order valence-corrected chi connectivity index (χ1v) is 9.12. The Morgan fingerprint density at radius 1 is 1.14 bits per heavy atom. The summed E-state index contributed by atoms with van der Waals surface area (Å²) in [6.07, 6.45) is 3.17. The molecule has 2 fully saturated rings. The van der Waals surface area contributed by atoms with E-state index >= 15 is 0 Å². The number of hydrogen-bond acceptors (Lipinski definition) is 4. The highest BCUT2D eigenvalue weighted by Crippen LogP contribution is 2.26. The van der Waals surface area contributed by atoms with E-state index in [1.807, 2.05) is 30.3 Å². The fourth-order valence-electron chi connectivity index (χ4n) is 2.89. The number of sulfonamides is 1. The van der Waals surface area contributed by atoms with Crippen molar-refractivity contribution in [1.82, 2.24) is 4.31 Å². The monoisotopic (exact) mass is 323 g/mol. The van der Waals surface area contributed by atoms with Crippen LogP contribution in [0.4, 0.5) is 0 Å². The van der Waals surface area contributed by atoms with Crippen molar-refractivity contribution in [3.8, 4) is 0 Å². The van der Waals surface area contributed by atoms with Crippen molar-refractivity contribution >= 4 is 16.1 Å². The third-order valence-electron chi connectivity index (χ3n) is 4.04. The van der Waals surface area contributed by atoms with Gasteiger partial charge >= 0.3 is 0 Å². The molecule has 0 radical (unpaired) electrons. The Hall–Kier alpha value is -1.21. The average Bonchev–Trinajstić information content (AvgIpc) is 3.09. The van der Waals surface area contributed by atoms with Crippen molar-refractivity contribution in [2.75, 3.05) is 26.3 Å². The molecule has 0 N–H and O–H groups in total. The normalized spacial score (nSPS) is 25.0. The lowest BCUT2D eigenvalue weighted by atomic mass is 9.99. The smallest absolute Gasteiger partial charge is 0.236 e. The maximum atomic E-state index is 12.5. The van der Waals surface area contributed by atoms with Crippen LogP contribution in [0.2, 0.25) is 0 Å². The molecule has 2 heterocycles. The van der Waals surface area contributed by atoms with E-state index in [4.69, 9.17) is 9.47 Å². The van der Waals surface area contributed by atoms with Crippen LogP contribution < -0.4 is 0 Å². The molecular formula is C16H21NO4S. The molecule has 2 aliphatic rings. The van der Waals surface area contributed by atoms with Crippen LogP contribution in [0.3, 0.4) is 0 Å². The predicted octanol–water partition coefficient (Wildman–Crippen LogP) is 2.07. The standard InChI is InChI=1S/C16H21NO4S/c18-22(19,12-8-14-5-2-1-3-6-14)17-9-4-7-15(13-17)16-20-10-11-21-16/h1-3,5-6,8,12,15-16H,4,7,9-11,13H2. The summed E-state index contributed by atoms with van der Waals surface area (Å²) in [5.41, 5.74) is 0.877. The van der Waals surface area contributed by atoms with Gasteiger partial charge < -0.3 is 9.47 Å². The zero-order valence-electron chi connectivity index (χ0n) is 12.4. The lowest BCUT2D eigenvalue weighted by molar-refractivity contribution is -0.0939. The Labute approximate surface area is 131 Å². The van der Waals surface area contributed by atoms with E-state index in [9.17, 15) is 8.42 Å². The summed E-state index contributed by atoms with van der Waals surface area (Å²) in [7, 11) is -3.40. The van der Waals surface area contributed by atoms with Crippen LogP contribution >= 0.6 is 0 Å². The third-order valence-corrected chi connectivity index (χ3v) is 5.58. The number of ether oxygens (including phenoxy) is 2. The Kier molecular flexibility index (Phi) is 4.93. The van der Waals surface area contributed by atoms with Gasteiger partial charge in [-0.3, -0.25) is 0 Å². The van der Waals surface area contributed by atoms with Crippen molar-refractivity contribution in [3.05, 3.63) is 41.3 Å². The molecule has 22 heavy (non-hydrogen) atoms. The minimum atomic E-state index is -3.40. The molecule has 1 aromatic carbocycles. The van der Waals surface area contributed by atoms with Crippen LogP contribution in [0.5, 0.6) is 0 Å². The molecule has 0 aromatic heterocycles. The second-order valence-electron chi connectivity index (χ2n) is 5.63. The molecule has 0 amide bonds. The Morgan fingerprint density at radius 2 is 1.86 bits per heavy atom. The maximum absolute atomic E-state index is 12.5. The van der Waals surface area contributed by atoms with Gasteiger partial charge in [0.25, 0.3) is 0 Å². The first-order chi connectivity index (χ1) is 10.6. The van der Waals surface area contributed by atoms with Crippen molar-refractivity contribution in [2.45, 2.75) is 19.1 Å². The van der Waals surface area contributed by atoms with E-state index in [1.54, 1.807) is 6.08 Å². The maximum Gasteiger partial charge on any atom is 0.236 e. The largest absolute Gasteiger partial charge is 0.350 e. The zero-order valence-corrected chi connectivity index (χ0v) is 13.2. The molecule has 3 rings (SSSR count). The summed E-state index contributed by atoms with van der Waals surface area (Å²) in [5, 5.41) is 1.29. The summed E-state index contributed by atoms with van der Waals surface area (Å²) in [6, 6.07) is 9.44. The fourth-order valence-corrected chi connectivity index (χ4v) is 4.17. The molecule has 0 spiro atoms. The van der Waals surface area contributed by atoms with Gasteiger partial charge in [0, 0.05) is 24.4 Å². The number of nitrogens with zero attached hydrogens (tertiary/aromatic N) is 1. The van der Waals surface area contributed by atoms with E-state index in [0.29, 0.717) is 26.3 Å². The van der Waals surface area contributed by atoms with Gasteiger partial charge in [0.1, 0.15) is 0 Å². The van der Waals surface area contributed by atoms with E-state index in [-0.39, 0.29) is 12.2 Å². The minimum Gasteiger partial charge on any atom is -0.350 e. The van der Waals surface area contributed by atoms with Crippen molar-refractivity contribution < 1.29 is 17.9 Å². The number of piperidine rings is 1. The molecular weight excluding hydrogens is 302 g/mol. The van der Waals surface area contributed by atoms with Gasteiger partial charge in [-0.2, -0.15) is 4.31 Å². The molecule has 0 saturated carbocycles. The Bertz CT molecular complexity index is 608. The summed E-state index contributed by atoms with van der Waals surface area (Å²) in [4.78, 5) is 0. The van der Waals surface area contributed by atoms with Gasteiger partial charge in [-0.25, -0.2) is 8.42 Å². The molecule has 6 heteroatoms. The molecule has 0 bridgehead atoms. The highest BCUT2D eigenvalue weighted by molar-refractivity contribution is 7.92. The van der Waals surface area contributed by atoms with Crippen LogP contribution in [0.15, 0.2) is 35.7 Å². The fraction of sp³-hybridized carbons (Fsp3) is 0.500. The third kappa shape index (κ3) is 3.76. The van der Waals surface area contributed by atoms with Crippen molar-refractivity contribution in [1.29, 1.82) is 0 Å². The van der Waals surface area contributed by atoms with E-state index < -0.39 is 10.0 Å². The van der Waals surface area contributed by atoms with Gasteiger partial charge in [-0.1, -0.05) is 30.3 Å². The average molecular weight is 323 g/mol. The highest BCUT2D eigenvalue weighted by atomic mass is 32.2. The molecule has 1 aromatic rings. The van der Waals surface area contributed by atoms with E-state index in [0.717, 1.165) is 18.4 Å². The van der Waals surface area contributed by atoms with E-state index in [2.05, 4.69) is 0 Å². The quantitative estimate of drug-likeness (QED) is 0.851. The minimum absolute atomic E-state index is 0.121. The summed E-state index contributed by atoms with van der Waals surface area (Å²) < 4.78 is 37.5. The Morgan fingerprint density at radius 3 is 2.59 bits per heavy atom. The summed E-state index contributed by atoms with van der Waals surface area (Å²) >= 11 is 0. The van der Waals surface area contributed by atoms with Gasteiger partial charge in [-0.05, 0) is 24.5 Å². The van der Waals surface area contributed by atoms with Crippen LogP contribution in [-0.2, 0) is 19.5 Å². The second-order valence-corrected chi connectivity index (χ2v) is 7.45. The molecule has 1 unspecified atom stereocenters. The SMILES string of the molecule is O=S(=O)(C=Cc1ccccc1)N1CCCC(C2OCCO2)C1. The first kappa shape index (κ1) is 15.7. The topological polar surface area (TPSA) is 55.8 Å². The molecule has 2 aliphatic heterocycles. The predicted molar refractivity (Wildman–Crippen MR) is 84.4 cm³/mol. The number of hydrogen-bond donors (Lipinski definition) is 0. The van der Waals surface area contributed by atoms with Gasteiger partial charge in [-0.15, -0.1) is 0 Å². The Balaban J connectivity index is 1.67. The molecule has 0 aliphatic carbocycles. The lowest BCUT2D eigenvalue weighted by Crippen LogP contribution is -2.43. The van der Waals surface area contributed by atoms with Crippen molar-refractivity contribution in [2.24, 2.45) is 5.92 Å². The molecule has 5 nitrogen and oxygen atoms in total. The van der Waals surface area contributed by atoms with Crippen molar-refractivity contribution in [3.63, 3.8) is 0 Å². The van der Waals surface area contributed by atoms with Gasteiger partial charge in [0.05, 0.1) is 13.2 Å². The zero-order chi connectivity index (χ0) is 15.4. The lowest BCUT2D eigenvalue weighted by Gasteiger charge is -2.33. The second kappa shape index (κ2) is 6.91. The number of benzene rings is 1. The van der Waals surface area contributed by atoms with E-state index in [1.165, 1.54) is 9.71 Å². The highest BCUT2D eigenvalue weighted by Gasteiger charge is 2.34. The molecule has 1 atom stereocenters. The van der Waals surface area contributed by atoms with Crippen LogP contribution in [0, 0.1) is 5.92 Å². The number of rotatable bonds is 4. The molecule has 120 valence electrons. The van der Waals surface area contributed by atoms with Gasteiger partial charge in [0.15, 0.2) is 6.29 Å². The first-order valence-electron chi connectivity index (χ1n) is 7.62. The molecule has 2 saturated heterocycles. The summed E-state index contributed by atoms with van der Waals surface area (Å²) in [6.45, 7) is 2.22. The van der Waals surface area contributed by atoms with Gasteiger partial charge in [0.2, 0.25) is 10.0 Å². The van der Waals surface area contributed by atoms with Crippen LogP contribution in [0.1, 0.15) is 18.4 Å².